The van der Waals surface area contributed by atoms with Gasteiger partial charge in [-0.05, 0) is 61.5 Å². The second-order valence-electron chi connectivity index (χ2n) is 16.5. The highest BCUT2D eigenvalue weighted by Gasteiger charge is 2.32. The molecular weight excluding hydrogens is 833 g/mol. The first-order valence-corrected chi connectivity index (χ1v) is 28.5. The molecule has 0 amide bonds. The van der Waals surface area contributed by atoms with Gasteiger partial charge in [0.1, 0.15) is 11.4 Å². The fourth-order valence-electron chi connectivity index (χ4n) is 6.27. The Morgan fingerprint density at radius 1 is 0.544 bits per heavy atom. The summed E-state index contributed by atoms with van der Waals surface area (Å²) in [7, 11) is -3.00. The SMILES string of the molecule is C[Si]1(C)CCN(c2c(F)cc(N)cc2F)CC1.C[Si]1(C)CCN(c2c(F)cc([N+](=O)[O-])cc2F)CC1.C[Si]1(C)CCNCC1.Cl.O=[N+]([O-])c1cc(F)c(F)c(F)c1. The Hall–Kier alpha value is -3.73. The van der Waals surface area contributed by atoms with Crippen molar-refractivity contribution in [3.63, 3.8) is 0 Å². The van der Waals surface area contributed by atoms with Gasteiger partial charge >= 0.3 is 0 Å². The lowest BCUT2D eigenvalue weighted by molar-refractivity contribution is -0.385. The number of nitrogen functional groups attached to an aromatic ring is 1. The quantitative estimate of drug-likeness (QED) is 0.0662. The summed E-state index contributed by atoms with van der Waals surface area (Å²) in [5.41, 5.74) is 4.14. The summed E-state index contributed by atoms with van der Waals surface area (Å²) in [5.74, 6) is -7.65. The first kappa shape index (κ1) is 49.4. The molecule has 0 aromatic heterocycles. The van der Waals surface area contributed by atoms with Gasteiger partial charge in [-0.25, -0.2) is 30.7 Å². The number of halogens is 8. The molecule has 0 bridgehead atoms. The van der Waals surface area contributed by atoms with Gasteiger partial charge in [-0.3, -0.25) is 20.2 Å². The van der Waals surface area contributed by atoms with Gasteiger partial charge in [0.15, 0.2) is 40.7 Å². The van der Waals surface area contributed by atoms with Crippen LogP contribution in [0.25, 0.3) is 0 Å². The minimum absolute atomic E-state index is 0. The molecule has 3 aliphatic rings. The van der Waals surface area contributed by atoms with Crippen LogP contribution >= 0.6 is 12.4 Å². The van der Waals surface area contributed by atoms with Crippen molar-refractivity contribution < 1.29 is 40.6 Å². The number of non-ortho nitro benzene ring substituents is 2. The summed E-state index contributed by atoms with van der Waals surface area (Å²) >= 11 is 0. The van der Waals surface area contributed by atoms with Crippen molar-refractivity contribution in [3.8, 4) is 0 Å². The van der Waals surface area contributed by atoms with Gasteiger partial charge < -0.3 is 20.9 Å². The van der Waals surface area contributed by atoms with E-state index in [1.165, 1.54) is 37.3 Å². The molecule has 10 nitrogen and oxygen atoms in total. The van der Waals surface area contributed by atoms with Crippen LogP contribution < -0.4 is 20.9 Å². The predicted octanol–water partition coefficient (Wildman–Crippen LogP) is 10.2. The molecule has 21 heteroatoms. The highest BCUT2D eigenvalue weighted by atomic mass is 35.5. The van der Waals surface area contributed by atoms with E-state index in [1.807, 2.05) is 4.90 Å². The van der Waals surface area contributed by atoms with Crippen molar-refractivity contribution in [2.45, 2.75) is 75.5 Å². The van der Waals surface area contributed by atoms with Crippen LogP contribution in [0.5, 0.6) is 0 Å². The zero-order chi connectivity index (χ0) is 42.2. The number of anilines is 3. The van der Waals surface area contributed by atoms with E-state index in [0.717, 1.165) is 49.4 Å². The van der Waals surface area contributed by atoms with E-state index in [2.05, 4.69) is 44.6 Å². The molecule has 3 aromatic rings. The molecule has 0 atom stereocenters. The first-order chi connectivity index (χ1) is 25.9. The summed E-state index contributed by atoms with van der Waals surface area (Å²) in [6, 6.07) is 11.7. The molecule has 0 spiro atoms. The number of nitrogens with two attached hydrogens (primary N) is 1. The Labute approximate surface area is 337 Å². The van der Waals surface area contributed by atoms with E-state index in [4.69, 9.17) is 5.73 Å². The largest absolute Gasteiger partial charge is 0.399 e. The molecule has 3 fully saturated rings. The van der Waals surface area contributed by atoms with Gasteiger partial charge in [0.25, 0.3) is 11.4 Å². The molecule has 0 unspecified atom stereocenters. The topological polar surface area (TPSA) is 131 Å². The normalized spacial score (nSPS) is 17.9. The standard InChI is InChI=1S/C12H16F2N2O2Si.C12H18F2N2Si.C6H2F3NO2.C6H15NSi.ClH/c1-19(2)5-3-15(4-6-19)12-10(13)7-9(16(17)18)8-11(12)14;1-17(2)5-3-16(4-6-17)12-10(13)7-9(15)8-11(12)14;7-4-1-3(10(11)12)2-5(8)6(4)9;1-8(2)5-3-7-4-6-8;/h7-8H,3-6H2,1-2H3;7-8H,3-6,15H2,1-2H3;1-2H;7H,3-6H2,1-2H3;1H. The minimum Gasteiger partial charge on any atom is -0.399 e. The number of nitro groups is 2. The van der Waals surface area contributed by atoms with Crippen LogP contribution in [0.3, 0.4) is 0 Å². The summed E-state index contributed by atoms with van der Waals surface area (Å²) in [4.78, 5) is 22.2. The lowest BCUT2D eigenvalue weighted by Gasteiger charge is -2.37. The molecule has 3 aliphatic heterocycles. The molecule has 6 rings (SSSR count). The average molecular weight is 886 g/mol. The van der Waals surface area contributed by atoms with Crippen molar-refractivity contribution in [2.75, 3.05) is 54.8 Å². The molecule has 3 heterocycles. The van der Waals surface area contributed by atoms with Crippen molar-refractivity contribution in [3.05, 3.63) is 97.3 Å². The Balaban J connectivity index is 0.000000272. The lowest BCUT2D eigenvalue weighted by Crippen LogP contribution is -2.43. The fourth-order valence-corrected chi connectivity index (χ4v) is 12.2. The number of nitrogens with one attached hydrogen (secondary N) is 1. The van der Waals surface area contributed by atoms with E-state index in [0.29, 0.717) is 25.2 Å². The maximum Gasteiger partial charge on any atom is 0.275 e. The van der Waals surface area contributed by atoms with Crippen LogP contribution in [-0.2, 0) is 0 Å². The third kappa shape index (κ3) is 14.9. The van der Waals surface area contributed by atoms with Crippen LogP contribution in [0.15, 0.2) is 36.4 Å². The smallest absolute Gasteiger partial charge is 0.275 e. The van der Waals surface area contributed by atoms with Gasteiger partial charge in [-0.1, -0.05) is 39.3 Å². The number of nitrogens with zero attached hydrogens (tertiary/aromatic N) is 4. The molecule has 3 saturated heterocycles. The van der Waals surface area contributed by atoms with E-state index in [1.54, 1.807) is 4.90 Å². The Morgan fingerprint density at radius 2 is 0.825 bits per heavy atom. The molecule has 0 saturated carbocycles. The summed E-state index contributed by atoms with van der Waals surface area (Å²) < 4.78 is 92.0. The molecule has 0 aliphatic carbocycles. The van der Waals surface area contributed by atoms with Crippen LogP contribution in [0.4, 0.5) is 59.2 Å². The van der Waals surface area contributed by atoms with Gasteiger partial charge in [0.2, 0.25) is 0 Å². The zero-order valence-electron chi connectivity index (χ0n) is 33.0. The summed E-state index contributed by atoms with van der Waals surface area (Å²) in [6.07, 6.45) is 0. The van der Waals surface area contributed by atoms with Crippen LogP contribution in [-0.4, -0.2) is 73.3 Å². The Bertz CT molecular complexity index is 1790. The van der Waals surface area contributed by atoms with Crippen LogP contribution in [0, 0.1) is 60.9 Å². The highest BCUT2D eigenvalue weighted by molar-refractivity contribution is 6.78. The molecule has 0 radical (unpaired) electrons. The van der Waals surface area contributed by atoms with E-state index in [-0.39, 0.29) is 29.5 Å². The van der Waals surface area contributed by atoms with Crippen LogP contribution in [0.1, 0.15) is 0 Å². The molecule has 3 N–H and O–H groups in total. The van der Waals surface area contributed by atoms with E-state index >= 15 is 0 Å². The molecule has 57 heavy (non-hydrogen) atoms. The van der Waals surface area contributed by atoms with E-state index < -0.39 is 86.2 Å². The second kappa shape index (κ2) is 20.8. The van der Waals surface area contributed by atoms with Gasteiger partial charge in [-0.2, -0.15) is 0 Å². The summed E-state index contributed by atoms with van der Waals surface area (Å²) in [5, 5.41) is 23.9. The average Bonchev–Trinajstić information content (AvgIpc) is 3.08. The van der Waals surface area contributed by atoms with Gasteiger partial charge in [0, 0.05) is 39.9 Å². The molecule has 318 valence electrons. The number of nitro benzene ring substituents is 2. The Morgan fingerprint density at radius 3 is 1.11 bits per heavy atom. The number of benzene rings is 3. The molecular formula is C36H52ClF7N6O4Si3. The zero-order valence-corrected chi connectivity index (χ0v) is 36.8. The van der Waals surface area contributed by atoms with Crippen LogP contribution in [0.2, 0.25) is 75.5 Å². The molecule has 3 aromatic carbocycles. The maximum atomic E-state index is 13.9. The summed E-state index contributed by atoms with van der Waals surface area (Å²) in [6.45, 7) is 19.4. The monoisotopic (exact) mass is 884 g/mol. The predicted molar refractivity (Wildman–Crippen MR) is 223 cm³/mol. The lowest BCUT2D eigenvalue weighted by atomic mass is 10.2. The number of hydrogen-bond donors (Lipinski definition) is 2. The second-order valence-corrected chi connectivity index (χ2v) is 32.5. The van der Waals surface area contributed by atoms with Gasteiger partial charge in [0.05, 0.1) is 50.3 Å². The third-order valence-electron chi connectivity index (χ3n) is 10.3. The minimum atomic E-state index is -1.71. The van der Waals surface area contributed by atoms with Gasteiger partial charge in [-0.15, -0.1) is 12.4 Å². The van der Waals surface area contributed by atoms with Crippen molar-refractivity contribution in [1.29, 1.82) is 0 Å². The first-order valence-electron chi connectivity index (χ1n) is 18.3. The maximum absolute atomic E-state index is 13.9. The highest BCUT2D eigenvalue weighted by Crippen LogP contribution is 2.33. The van der Waals surface area contributed by atoms with Crippen molar-refractivity contribution in [2.24, 2.45) is 0 Å². The number of hydrogen-bond acceptors (Lipinski definition) is 8. The Kier molecular flexibility index (Phi) is 18.0. The van der Waals surface area contributed by atoms with Crippen molar-refractivity contribution >= 4 is 65.1 Å². The third-order valence-corrected chi connectivity index (χ3v) is 19.8. The van der Waals surface area contributed by atoms with Crippen molar-refractivity contribution in [1.82, 2.24) is 5.32 Å². The van der Waals surface area contributed by atoms with E-state index in [9.17, 15) is 51.0 Å². The fraction of sp³-hybridized carbons (Fsp3) is 0.500. The number of rotatable bonds is 4.